The zero-order valence-corrected chi connectivity index (χ0v) is 9.68. The van der Waals surface area contributed by atoms with Gasteiger partial charge in [-0.15, -0.1) is 12.3 Å². The molecule has 0 aliphatic carbocycles. The second-order valence-electron chi connectivity index (χ2n) is 2.85. The molecule has 1 unspecified atom stereocenters. The summed E-state index contributed by atoms with van der Waals surface area (Å²) in [5, 5.41) is 3.16. The highest BCUT2D eigenvalue weighted by Gasteiger charge is 2.08. The average Bonchev–Trinajstić information content (AvgIpc) is 2.15. The van der Waals surface area contributed by atoms with Crippen LogP contribution < -0.4 is 5.32 Å². The van der Waals surface area contributed by atoms with Gasteiger partial charge in [-0.05, 0) is 29.6 Å². The van der Waals surface area contributed by atoms with Crippen LogP contribution in [0.3, 0.4) is 0 Å². The molecule has 0 saturated carbocycles. The monoisotopic (exact) mass is 244 g/mol. The van der Waals surface area contributed by atoms with Crippen molar-refractivity contribution in [3.63, 3.8) is 0 Å². The number of hydrogen-bond acceptors (Lipinski definition) is 4. The summed E-state index contributed by atoms with van der Waals surface area (Å²) in [6.07, 6.45) is 6.68. The van der Waals surface area contributed by atoms with Crippen LogP contribution in [0.1, 0.15) is 19.8 Å². The predicted molar refractivity (Wildman–Crippen MR) is 61.0 cm³/mol. The summed E-state index contributed by atoms with van der Waals surface area (Å²) in [6.45, 7) is 2.01. The van der Waals surface area contributed by atoms with Gasteiger partial charge in [0, 0.05) is 12.5 Å². The number of terminal acetylenes is 1. The molecule has 1 N–H and O–H groups in total. The van der Waals surface area contributed by atoms with Gasteiger partial charge in [0.15, 0.2) is 0 Å². The zero-order chi connectivity index (χ0) is 11.3. The van der Waals surface area contributed by atoms with E-state index in [1.54, 1.807) is 0 Å². The van der Waals surface area contributed by atoms with Gasteiger partial charge in [-0.1, -0.05) is 6.92 Å². The molecule has 15 heavy (non-hydrogen) atoms. The molecule has 1 heterocycles. The normalized spacial score (nSPS) is 11.9. The van der Waals surface area contributed by atoms with Gasteiger partial charge in [0.25, 0.3) is 0 Å². The molecule has 0 saturated heterocycles. The van der Waals surface area contributed by atoms with Crippen LogP contribution in [0.4, 0.5) is 5.95 Å². The Bertz CT molecular complexity index is 355. The maximum Gasteiger partial charge on any atom is 0.228 e. The standard InChI is InChI=1S/C9H10Cl2N4/c1-3-5-6(4-2)12-9-14-7(10)13-8(11)15-9/h1,6H,4-5H2,2H3,(H,12,13,14,15). The molecule has 0 spiro atoms. The Balaban J connectivity index is 2.75. The van der Waals surface area contributed by atoms with Gasteiger partial charge in [-0.25, -0.2) is 0 Å². The molecule has 4 nitrogen and oxygen atoms in total. The summed E-state index contributed by atoms with van der Waals surface area (Å²) < 4.78 is 0. The molecule has 1 aromatic heterocycles. The first-order valence-corrected chi connectivity index (χ1v) is 5.18. The van der Waals surface area contributed by atoms with Gasteiger partial charge >= 0.3 is 0 Å². The Morgan fingerprint density at radius 2 is 1.93 bits per heavy atom. The third kappa shape index (κ3) is 3.90. The third-order valence-electron chi connectivity index (χ3n) is 1.77. The Morgan fingerprint density at radius 1 is 1.33 bits per heavy atom. The molecule has 0 bridgehead atoms. The van der Waals surface area contributed by atoms with Crippen LogP contribution >= 0.6 is 23.2 Å². The number of aromatic nitrogens is 3. The summed E-state index contributed by atoms with van der Waals surface area (Å²) in [6, 6.07) is 0.115. The third-order valence-corrected chi connectivity index (χ3v) is 2.11. The summed E-state index contributed by atoms with van der Waals surface area (Å²) in [5.74, 6) is 2.92. The SMILES string of the molecule is C#CCC(CC)Nc1nc(Cl)nc(Cl)n1. The molecule has 80 valence electrons. The molecule has 6 heteroatoms. The van der Waals surface area contributed by atoms with Gasteiger partial charge in [0.05, 0.1) is 0 Å². The lowest BCUT2D eigenvalue weighted by Gasteiger charge is -2.13. The Morgan fingerprint density at radius 3 is 2.40 bits per heavy atom. The van der Waals surface area contributed by atoms with Crippen molar-refractivity contribution in [3.8, 4) is 12.3 Å². The molecule has 1 rings (SSSR count). The molecule has 0 fully saturated rings. The predicted octanol–water partition coefficient (Wildman–Crippen LogP) is 2.39. The van der Waals surface area contributed by atoms with Gasteiger partial charge in [-0.3, -0.25) is 0 Å². The topological polar surface area (TPSA) is 50.7 Å². The van der Waals surface area contributed by atoms with Crippen molar-refractivity contribution < 1.29 is 0 Å². The number of rotatable bonds is 4. The number of halogens is 2. The first kappa shape index (κ1) is 12.0. The van der Waals surface area contributed by atoms with Gasteiger partial charge < -0.3 is 5.32 Å². The van der Waals surface area contributed by atoms with E-state index >= 15 is 0 Å². The first-order chi connectivity index (χ1) is 7.15. The van der Waals surface area contributed by atoms with Gasteiger partial charge in [0.1, 0.15) is 0 Å². The summed E-state index contributed by atoms with van der Waals surface area (Å²) in [4.78, 5) is 11.4. The second kappa shape index (κ2) is 5.74. The van der Waals surface area contributed by atoms with Crippen LogP contribution in [0.15, 0.2) is 0 Å². The largest absolute Gasteiger partial charge is 0.350 e. The number of nitrogens with one attached hydrogen (secondary N) is 1. The van der Waals surface area contributed by atoms with Crippen molar-refractivity contribution in [1.29, 1.82) is 0 Å². The lowest BCUT2D eigenvalue weighted by Crippen LogP contribution is -2.19. The maximum absolute atomic E-state index is 5.63. The molecule has 1 atom stereocenters. The van der Waals surface area contributed by atoms with E-state index < -0.39 is 0 Å². The number of hydrogen-bond donors (Lipinski definition) is 1. The Labute approximate surface area is 98.4 Å². The number of anilines is 1. The fraction of sp³-hybridized carbons (Fsp3) is 0.444. The summed E-state index contributed by atoms with van der Waals surface area (Å²) in [7, 11) is 0. The lowest BCUT2D eigenvalue weighted by molar-refractivity contribution is 0.705. The average molecular weight is 245 g/mol. The van der Waals surface area contributed by atoms with Gasteiger partial charge in [0.2, 0.25) is 16.5 Å². The van der Waals surface area contributed by atoms with Crippen molar-refractivity contribution in [3.05, 3.63) is 10.6 Å². The van der Waals surface area contributed by atoms with E-state index in [9.17, 15) is 0 Å². The van der Waals surface area contributed by atoms with Crippen molar-refractivity contribution in [2.45, 2.75) is 25.8 Å². The highest BCUT2D eigenvalue weighted by atomic mass is 35.5. The van der Waals surface area contributed by atoms with E-state index in [-0.39, 0.29) is 16.6 Å². The molecule has 0 amide bonds. The van der Waals surface area contributed by atoms with Crippen LogP contribution in [0.25, 0.3) is 0 Å². The Kier molecular flexibility index (Phi) is 4.60. The minimum absolute atomic E-state index is 0.0630. The first-order valence-electron chi connectivity index (χ1n) is 4.42. The van der Waals surface area contributed by atoms with Gasteiger partial charge in [-0.2, -0.15) is 15.0 Å². The maximum atomic E-state index is 5.63. The fourth-order valence-corrected chi connectivity index (χ4v) is 1.38. The van der Waals surface area contributed by atoms with Crippen LogP contribution in [0.5, 0.6) is 0 Å². The lowest BCUT2D eigenvalue weighted by atomic mass is 10.2. The molecular formula is C9H10Cl2N4. The second-order valence-corrected chi connectivity index (χ2v) is 3.53. The minimum Gasteiger partial charge on any atom is -0.350 e. The molecule has 1 aromatic rings. The molecular weight excluding hydrogens is 235 g/mol. The molecule has 0 aliphatic heterocycles. The van der Waals surface area contributed by atoms with Crippen molar-refractivity contribution in [2.75, 3.05) is 5.32 Å². The molecule has 0 aromatic carbocycles. The molecule has 0 radical (unpaired) electrons. The van der Waals surface area contributed by atoms with E-state index in [1.165, 1.54) is 0 Å². The van der Waals surface area contributed by atoms with E-state index in [4.69, 9.17) is 29.6 Å². The van der Waals surface area contributed by atoms with Crippen LogP contribution in [0, 0.1) is 12.3 Å². The van der Waals surface area contributed by atoms with E-state index in [2.05, 4.69) is 26.2 Å². The number of nitrogens with zero attached hydrogens (tertiary/aromatic N) is 3. The summed E-state index contributed by atoms with van der Waals surface area (Å²) >= 11 is 11.3. The zero-order valence-electron chi connectivity index (χ0n) is 8.17. The van der Waals surface area contributed by atoms with E-state index in [0.29, 0.717) is 12.4 Å². The quantitative estimate of drug-likeness (QED) is 0.827. The van der Waals surface area contributed by atoms with Crippen molar-refractivity contribution in [2.24, 2.45) is 0 Å². The van der Waals surface area contributed by atoms with Crippen LogP contribution in [0.2, 0.25) is 10.6 Å². The summed E-state index contributed by atoms with van der Waals surface area (Å²) in [5.41, 5.74) is 0. The highest BCUT2D eigenvalue weighted by Crippen LogP contribution is 2.12. The highest BCUT2D eigenvalue weighted by molar-refractivity contribution is 6.31. The van der Waals surface area contributed by atoms with Crippen LogP contribution in [-0.4, -0.2) is 21.0 Å². The fourth-order valence-electron chi connectivity index (χ4n) is 1.01. The minimum atomic E-state index is 0.0630. The Hall–Kier alpha value is -1.05. The van der Waals surface area contributed by atoms with E-state index in [0.717, 1.165) is 6.42 Å². The van der Waals surface area contributed by atoms with E-state index in [1.807, 2.05) is 6.92 Å². The molecule has 0 aliphatic rings. The van der Waals surface area contributed by atoms with Crippen molar-refractivity contribution >= 4 is 29.2 Å². The van der Waals surface area contributed by atoms with Crippen molar-refractivity contribution in [1.82, 2.24) is 15.0 Å². The smallest absolute Gasteiger partial charge is 0.228 e. The van der Waals surface area contributed by atoms with Crippen LogP contribution in [-0.2, 0) is 0 Å².